The van der Waals surface area contributed by atoms with E-state index in [1.807, 2.05) is 25.1 Å². The molecule has 1 atom stereocenters. The van der Waals surface area contributed by atoms with Crippen molar-refractivity contribution in [2.24, 2.45) is 11.3 Å². The summed E-state index contributed by atoms with van der Waals surface area (Å²) in [5, 5.41) is 6.37. The number of hydrogen-bond donors (Lipinski definition) is 2. The fraction of sp³-hybridized carbons (Fsp3) is 0.562. The minimum Gasteiger partial charge on any atom is -0.495 e. The van der Waals surface area contributed by atoms with E-state index in [4.69, 9.17) is 4.74 Å². The molecule has 2 rings (SSSR count). The molecule has 1 heterocycles. The summed E-state index contributed by atoms with van der Waals surface area (Å²) in [4.78, 5) is 12.8. The van der Waals surface area contributed by atoms with E-state index >= 15 is 0 Å². The molecule has 0 aliphatic carbocycles. The second-order valence-electron chi connectivity index (χ2n) is 5.90. The summed E-state index contributed by atoms with van der Waals surface area (Å²) < 4.78 is 5.33. The Kier molecular flexibility index (Phi) is 4.33. The number of hydrogen-bond acceptors (Lipinski definition) is 3. The molecular weight excluding hydrogens is 252 g/mol. The summed E-state index contributed by atoms with van der Waals surface area (Å²) in [5.41, 5.74) is 1.53. The molecule has 0 saturated carbocycles. The van der Waals surface area contributed by atoms with Gasteiger partial charge in [-0.05, 0) is 43.5 Å². The van der Waals surface area contributed by atoms with Gasteiger partial charge in [0, 0.05) is 6.54 Å². The zero-order valence-corrected chi connectivity index (χ0v) is 12.7. The molecule has 20 heavy (non-hydrogen) atoms. The third-order valence-corrected chi connectivity index (χ3v) is 4.35. The first-order chi connectivity index (χ1) is 9.49. The summed E-state index contributed by atoms with van der Waals surface area (Å²) >= 11 is 0. The molecule has 1 aromatic rings. The Morgan fingerprint density at radius 3 is 2.75 bits per heavy atom. The molecular formula is C16H24N2O2. The van der Waals surface area contributed by atoms with Crippen molar-refractivity contribution < 1.29 is 9.53 Å². The predicted octanol–water partition coefficient (Wildman–Crippen LogP) is 2.58. The number of carbonyl (C=O) groups is 1. The number of ether oxygens (including phenoxy) is 1. The quantitative estimate of drug-likeness (QED) is 0.888. The average molecular weight is 276 g/mol. The van der Waals surface area contributed by atoms with Gasteiger partial charge in [-0.2, -0.15) is 0 Å². The lowest BCUT2D eigenvalue weighted by atomic mass is 9.75. The van der Waals surface area contributed by atoms with Crippen LogP contribution in [0.4, 0.5) is 5.69 Å². The first-order valence-corrected chi connectivity index (χ1v) is 7.16. The molecule has 1 aliphatic heterocycles. The Morgan fingerprint density at radius 2 is 2.20 bits per heavy atom. The highest BCUT2D eigenvalue weighted by Crippen LogP contribution is 2.36. The second kappa shape index (κ2) is 5.83. The number of methoxy groups -OCH3 is 1. The Balaban J connectivity index is 2.25. The first-order valence-electron chi connectivity index (χ1n) is 7.16. The Bertz CT molecular complexity index is 491. The maximum Gasteiger partial charge on any atom is 0.232 e. The van der Waals surface area contributed by atoms with Crippen LogP contribution in [-0.4, -0.2) is 26.1 Å². The largest absolute Gasteiger partial charge is 0.495 e. The maximum absolute atomic E-state index is 12.8. The number of nitrogens with one attached hydrogen (secondary N) is 2. The van der Waals surface area contributed by atoms with Gasteiger partial charge in [0.2, 0.25) is 5.91 Å². The van der Waals surface area contributed by atoms with Crippen molar-refractivity contribution in [3.05, 3.63) is 23.8 Å². The van der Waals surface area contributed by atoms with E-state index in [1.165, 1.54) is 0 Å². The van der Waals surface area contributed by atoms with Crippen LogP contribution >= 0.6 is 0 Å². The van der Waals surface area contributed by atoms with E-state index in [0.29, 0.717) is 11.7 Å². The number of benzene rings is 1. The zero-order valence-electron chi connectivity index (χ0n) is 12.7. The minimum atomic E-state index is -0.325. The van der Waals surface area contributed by atoms with E-state index in [1.54, 1.807) is 7.11 Å². The SMILES string of the molecule is COc1ccc(C)cc1NC(=O)C1(C(C)C)CCNC1. The van der Waals surface area contributed by atoms with Crippen molar-refractivity contribution in [3.63, 3.8) is 0 Å². The van der Waals surface area contributed by atoms with Crippen molar-refractivity contribution in [1.29, 1.82) is 0 Å². The Hall–Kier alpha value is -1.55. The molecule has 4 nitrogen and oxygen atoms in total. The monoisotopic (exact) mass is 276 g/mol. The molecule has 1 saturated heterocycles. The lowest BCUT2D eigenvalue weighted by Crippen LogP contribution is -2.42. The first kappa shape index (κ1) is 14.9. The molecule has 1 aliphatic rings. The molecule has 1 aromatic carbocycles. The van der Waals surface area contributed by atoms with E-state index in [-0.39, 0.29) is 11.3 Å². The number of rotatable bonds is 4. The number of carbonyl (C=O) groups excluding carboxylic acids is 1. The van der Waals surface area contributed by atoms with Crippen molar-refractivity contribution in [1.82, 2.24) is 5.32 Å². The zero-order chi connectivity index (χ0) is 14.8. The number of aryl methyl sites for hydroxylation is 1. The Labute approximate surface area is 120 Å². The summed E-state index contributed by atoms with van der Waals surface area (Å²) in [5.74, 6) is 1.09. The fourth-order valence-electron chi connectivity index (χ4n) is 2.83. The smallest absolute Gasteiger partial charge is 0.232 e. The van der Waals surface area contributed by atoms with Gasteiger partial charge in [0.25, 0.3) is 0 Å². The third kappa shape index (κ3) is 2.66. The molecule has 0 bridgehead atoms. The van der Waals surface area contributed by atoms with Crippen molar-refractivity contribution in [2.75, 3.05) is 25.5 Å². The van der Waals surface area contributed by atoms with E-state index in [9.17, 15) is 4.79 Å². The van der Waals surface area contributed by atoms with Crippen LogP contribution < -0.4 is 15.4 Å². The fourth-order valence-corrected chi connectivity index (χ4v) is 2.83. The standard InChI is InChI=1S/C16H24N2O2/c1-11(2)16(7-8-17-10-16)15(19)18-13-9-12(3)5-6-14(13)20-4/h5-6,9,11,17H,7-8,10H2,1-4H3,(H,18,19). The predicted molar refractivity (Wildman–Crippen MR) is 81.1 cm³/mol. The van der Waals surface area contributed by atoms with Crippen LogP contribution in [0.2, 0.25) is 0 Å². The highest BCUT2D eigenvalue weighted by atomic mass is 16.5. The van der Waals surface area contributed by atoms with E-state index < -0.39 is 0 Å². The summed E-state index contributed by atoms with van der Waals surface area (Å²) in [6.45, 7) is 7.87. The molecule has 1 amide bonds. The molecule has 4 heteroatoms. The van der Waals surface area contributed by atoms with Crippen LogP contribution in [0.3, 0.4) is 0 Å². The van der Waals surface area contributed by atoms with Crippen LogP contribution in [-0.2, 0) is 4.79 Å². The topological polar surface area (TPSA) is 50.4 Å². The summed E-state index contributed by atoms with van der Waals surface area (Å²) in [6, 6.07) is 5.82. The van der Waals surface area contributed by atoms with Crippen LogP contribution in [0.5, 0.6) is 5.75 Å². The highest BCUT2D eigenvalue weighted by molar-refractivity contribution is 5.97. The van der Waals surface area contributed by atoms with E-state index in [2.05, 4.69) is 24.5 Å². The lowest BCUT2D eigenvalue weighted by Gasteiger charge is -2.31. The van der Waals surface area contributed by atoms with Gasteiger partial charge in [0.05, 0.1) is 18.2 Å². The molecule has 0 spiro atoms. The van der Waals surface area contributed by atoms with Crippen molar-refractivity contribution >= 4 is 11.6 Å². The van der Waals surface area contributed by atoms with Gasteiger partial charge in [0.15, 0.2) is 0 Å². The van der Waals surface area contributed by atoms with Crippen molar-refractivity contribution in [2.45, 2.75) is 27.2 Å². The molecule has 1 fully saturated rings. The molecule has 2 N–H and O–H groups in total. The van der Waals surface area contributed by atoms with Gasteiger partial charge in [-0.1, -0.05) is 19.9 Å². The number of anilines is 1. The summed E-state index contributed by atoms with van der Waals surface area (Å²) in [7, 11) is 1.62. The van der Waals surface area contributed by atoms with Gasteiger partial charge < -0.3 is 15.4 Å². The van der Waals surface area contributed by atoms with Crippen molar-refractivity contribution in [3.8, 4) is 5.75 Å². The maximum atomic E-state index is 12.8. The van der Waals surface area contributed by atoms with Gasteiger partial charge in [0.1, 0.15) is 5.75 Å². The molecule has 0 radical (unpaired) electrons. The second-order valence-corrected chi connectivity index (χ2v) is 5.90. The minimum absolute atomic E-state index is 0.0846. The highest BCUT2D eigenvalue weighted by Gasteiger charge is 2.44. The Morgan fingerprint density at radius 1 is 1.45 bits per heavy atom. The normalized spacial score (nSPS) is 22.1. The van der Waals surface area contributed by atoms with Crippen LogP contribution in [0, 0.1) is 18.3 Å². The molecule has 0 aromatic heterocycles. The number of amides is 1. The third-order valence-electron chi connectivity index (χ3n) is 4.35. The van der Waals surface area contributed by atoms with Gasteiger partial charge in [-0.3, -0.25) is 4.79 Å². The van der Waals surface area contributed by atoms with Gasteiger partial charge in [-0.15, -0.1) is 0 Å². The van der Waals surface area contributed by atoms with Crippen LogP contribution in [0.25, 0.3) is 0 Å². The molecule has 1 unspecified atom stereocenters. The van der Waals surface area contributed by atoms with Gasteiger partial charge >= 0.3 is 0 Å². The van der Waals surface area contributed by atoms with E-state index in [0.717, 1.165) is 30.8 Å². The van der Waals surface area contributed by atoms with Crippen LogP contribution in [0.15, 0.2) is 18.2 Å². The molecule has 110 valence electrons. The average Bonchev–Trinajstić information content (AvgIpc) is 2.89. The summed E-state index contributed by atoms with van der Waals surface area (Å²) in [6.07, 6.45) is 0.880. The lowest BCUT2D eigenvalue weighted by molar-refractivity contribution is -0.126. The van der Waals surface area contributed by atoms with Crippen LogP contribution in [0.1, 0.15) is 25.8 Å². The van der Waals surface area contributed by atoms with Gasteiger partial charge in [-0.25, -0.2) is 0 Å².